The Bertz CT molecular complexity index is 304. The van der Waals surface area contributed by atoms with Gasteiger partial charge in [0.2, 0.25) is 0 Å². The van der Waals surface area contributed by atoms with Crippen LogP contribution in [0.1, 0.15) is 118 Å². The molecule has 2 aliphatic carbocycles. The Kier molecular flexibility index (Phi) is 7.96. The van der Waals surface area contributed by atoms with E-state index in [4.69, 9.17) is 0 Å². The molecule has 2 saturated carbocycles. The first-order valence-corrected chi connectivity index (χ1v) is 11.0. The van der Waals surface area contributed by atoms with Crippen molar-refractivity contribution in [3.8, 4) is 0 Å². The minimum atomic E-state index is 0.505. The third kappa shape index (κ3) is 6.09. The maximum atomic E-state index is 2.53. The molecule has 0 amide bonds. The lowest BCUT2D eigenvalue weighted by molar-refractivity contribution is 0.0740. The summed E-state index contributed by atoms with van der Waals surface area (Å²) in [5.74, 6) is 4.09. The van der Waals surface area contributed by atoms with E-state index < -0.39 is 0 Å². The van der Waals surface area contributed by atoms with Crippen molar-refractivity contribution in [2.24, 2.45) is 29.1 Å². The quantitative estimate of drug-likeness (QED) is 0.492. The molecule has 0 heteroatoms. The Morgan fingerprint density at radius 2 is 1.39 bits per heavy atom. The van der Waals surface area contributed by atoms with E-state index in [2.05, 4.69) is 27.7 Å². The lowest BCUT2D eigenvalue weighted by Crippen LogP contribution is -2.34. The van der Waals surface area contributed by atoms with E-state index in [0.717, 1.165) is 23.7 Å². The minimum Gasteiger partial charge on any atom is -0.0654 e. The topological polar surface area (TPSA) is 0 Å². The van der Waals surface area contributed by atoms with Crippen molar-refractivity contribution in [1.82, 2.24) is 0 Å². The van der Waals surface area contributed by atoms with E-state index in [1.54, 1.807) is 0 Å². The molecule has 23 heavy (non-hydrogen) atoms. The van der Waals surface area contributed by atoms with E-state index in [0.29, 0.717) is 5.41 Å². The minimum absolute atomic E-state index is 0.505. The Hall–Kier alpha value is 0. The van der Waals surface area contributed by atoms with E-state index in [-0.39, 0.29) is 0 Å². The first-order chi connectivity index (χ1) is 11.0. The van der Waals surface area contributed by atoms with Crippen LogP contribution in [0, 0.1) is 29.1 Å². The molecule has 0 saturated heterocycles. The normalized spacial score (nSPS) is 32.1. The van der Waals surface area contributed by atoms with Gasteiger partial charge >= 0.3 is 0 Å². The Morgan fingerprint density at radius 3 is 2.00 bits per heavy atom. The van der Waals surface area contributed by atoms with Gasteiger partial charge < -0.3 is 0 Å². The molecule has 0 nitrogen and oxygen atoms in total. The molecule has 2 fully saturated rings. The van der Waals surface area contributed by atoms with Gasteiger partial charge in [-0.05, 0) is 41.9 Å². The second kappa shape index (κ2) is 9.47. The summed E-state index contributed by atoms with van der Waals surface area (Å²) in [5, 5.41) is 0. The molecular formula is C23H44. The number of hydrogen-bond acceptors (Lipinski definition) is 0. The van der Waals surface area contributed by atoms with Crippen molar-refractivity contribution < 1.29 is 0 Å². The molecule has 0 aliphatic heterocycles. The lowest BCUT2D eigenvalue weighted by Gasteiger charge is -2.42. The van der Waals surface area contributed by atoms with Gasteiger partial charge in [0.25, 0.3) is 0 Å². The highest BCUT2D eigenvalue weighted by Gasteiger charge is 2.37. The van der Waals surface area contributed by atoms with Crippen LogP contribution in [0.5, 0.6) is 0 Å². The summed E-state index contributed by atoms with van der Waals surface area (Å²) in [6.07, 6.45) is 21.0. The average Bonchev–Trinajstić information content (AvgIpc) is 2.63. The molecular weight excluding hydrogens is 276 g/mol. The van der Waals surface area contributed by atoms with Crippen LogP contribution in [0.15, 0.2) is 0 Å². The number of unbranched alkanes of at least 4 members (excludes halogenated alkanes) is 1. The van der Waals surface area contributed by atoms with Crippen LogP contribution in [-0.2, 0) is 0 Å². The van der Waals surface area contributed by atoms with Gasteiger partial charge in [0, 0.05) is 0 Å². The standard InChI is InChI=1S/C23H44/c1-5-6-12-19-13-10-17-21(20-15-8-7-9-16-20)22(18-11-14-19)23(2,3)4/h19-22H,5-18H2,1-4H3. The van der Waals surface area contributed by atoms with E-state index >= 15 is 0 Å². The average molecular weight is 321 g/mol. The second-order valence-electron chi connectivity index (χ2n) is 9.90. The summed E-state index contributed by atoms with van der Waals surface area (Å²) in [6, 6.07) is 0. The van der Waals surface area contributed by atoms with Crippen molar-refractivity contribution in [2.45, 2.75) is 118 Å². The fourth-order valence-electron chi connectivity index (χ4n) is 5.81. The highest BCUT2D eigenvalue weighted by Crippen LogP contribution is 2.47. The summed E-state index contributed by atoms with van der Waals surface area (Å²) in [6.45, 7) is 9.93. The monoisotopic (exact) mass is 320 g/mol. The summed E-state index contributed by atoms with van der Waals surface area (Å²) in [4.78, 5) is 0. The van der Waals surface area contributed by atoms with Gasteiger partial charge in [-0.1, -0.05) is 105 Å². The molecule has 3 atom stereocenters. The van der Waals surface area contributed by atoms with Gasteiger partial charge in [-0.15, -0.1) is 0 Å². The van der Waals surface area contributed by atoms with Crippen LogP contribution in [0.4, 0.5) is 0 Å². The molecule has 2 rings (SSSR count). The second-order valence-corrected chi connectivity index (χ2v) is 9.90. The molecule has 0 spiro atoms. The van der Waals surface area contributed by atoms with Crippen LogP contribution >= 0.6 is 0 Å². The van der Waals surface area contributed by atoms with Gasteiger partial charge in [0.05, 0.1) is 0 Å². The van der Waals surface area contributed by atoms with Gasteiger partial charge in [-0.3, -0.25) is 0 Å². The molecule has 0 aromatic heterocycles. The van der Waals surface area contributed by atoms with Crippen LogP contribution in [0.25, 0.3) is 0 Å². The summed E-state index contributed by atoms with van der Waals surface area (Å²) in [5.41, 5.74) is 0.505. The number of rotatable bonds is 4. The third-order valence-electron chi connectivity index (χ3n) is 7.13. The third-order valence-corrected chi connectivity index (χ3v) is 7.13. The highest BCUT2D eigenvalue weighted by molar-refractivity contribution is 4.87. The zero-order valence-corrected chi connectivity index (χ0v) is 16.7. The number of hydrogen-bond donors (Lipinski definition) is 0. The van der Waals surface area contributed by atoms with Crippen LogP contribution in [0.2, 0.25) is 0 Å². The molecule has 0 bridgehead atoms. The SMILES string of the molecule is CCCCC1CCCC(C2CCCCC2)C(C(C)(C)C)CCC1. The van der Waals surface area contributed by atoms with E-state index in [9.17, 15) is 0 Å². The lowest BCUT2D eigenvalue weighted by atomic mass is 9.63. The molecule has 0 radical (unpaired) electrons. The molecule has 2 aliphatic rings. The molecule has 0 aromatic carbocycles. The summed E-state index contributed by atoms with van der Waals surface area (Å²) < 4.78 is 0. The van der Waals surface area contributed by atoms with E-state index in [1.165, 1.54) is 89.9 Å². The first kappa shape index (κ1) is 19.3. The maximum Gasteiger partial charge on any atom is -0.0334 e. The maximum absolute atomic E-state index is 2.53. The Labute approximate surface area is 147 Å². The molecule has 3 unspecified atom stereocenters. The van der Waals surface area contributed by atoms with Crippen LogP contribution < -0.4 is 0 Å². The fourth-order valence-corrected chi connectivity index (χ4v) is 5.81. The zero-order chi connectivity index (χ0) is 16.7. The molecule has 0 N–H and O–H groups in total. The van der Waals surface area contributed by atoms with Gasteiger partial charge in [-0.2, -0.15) is 0 Å². The summed E-state index contributed by atoms with van der Waals surface area (Å²) in [7, 11) is 0. The van der Waals surface area contributed by atoms with Crippen LogP contribution in [-0.4, -0.2) is 0 Å². The van der Waals surface area contributed by atoms with Crippen molar-refractivity contribution in [1.29, 1.82) is 0 Å². The molecule has 0 aromatic rings. The van der Waals surface area contributed by atoms with Crippen molar-refractivity contribution >= 4 is 0 Å². The predicted molar refractivity (Wildman–Crippen MR) is 104 cm³/mol. The van der Waals surface area contributed by atoms with Crippen molar-refractivity contribution in [2.75, 3.05) is 0 Å². The Balaban J connectivity index is 2.03. The largest absolute Gasteiger partial charge is 0.0654 e. The smallest absolute Gasteiger partial charge is 0.0334 e. The van der Waals surface area contributed by atoms with E-state index in [1.807, 2.05) is 0 Å². The zero-order valence-electron chi connectivity index (χ0n) is 16.7. The van der Waals surface area contributed by atoms with Gasteiger partial charge in [0.15, 0.2) is 0 Å². The van der Waals surface area contributed by atoms with Crippen LogP contribution in [0.3, 0.4) is 0 Å². The van der Waals surface area contributed by atoms with Gasteiger partial charge in [0.1, 0.15) is 0 Å². The molecule has 0 heterocycles. The summed E-state index contributed by atoms with van der Waals surface area (Å²) >= 11 is 0. The van der Waals surface area contributed by atoms with Crippen molar-refractivity contribution in [3.05, 3.63) is 0 Å². The Morgan fingerprint density at radius 1 is 0.739 bits per heavy atom. The highest BCUT2D eigenvalue weighted by atomic mass is 14.4. The predicted octanol–water partition coefficient (Wildman–Crippen LogP) is 8.01. The van der Waals surface area contributed by atoms with Gasteiger partial charge in [-0.25, -0.2) is 0 Å². The molecule has 136 valence electrons. The fraction of sp³-hybridized carbons (Fsp3) is 1.00. The first-order valence-electron chi connectivity index (χ1n) is 11.0. The van der Waals surface area contributed by atoms with Crippen molar-refractivity contribution in [3.63, 3.8) is 0 Å².